The van der Waals surface area contributed by atoms with E-state index in [0.717, 1.165) is 5.56 Å². The third-order valence-corrected chi connectivity index (χ3v) is 5.20. The van der Waals surface area contributed by atoms with Crippen molar-refractivity contribution in [3.05, 3.63) is 35.7 Å². The Morgan fingerprint density at radius 3 is 2.48 bits per heavy atom. The molecule has 0 bridgehead atoms. The Hall–Kier alpha value is -2.06. The molecule has 7 nitrogen and oxygen atoms in total. The predicted octanol–water partition coefficient (Wildman–Crippen LogP) is 1.27. The van der Waals surface area contributed by atoms with Gasteiger partial charge in [-0.1, -0.05) is 6.07 Å². The van der Waals surface area contributed by atoms with Crippen molar-refractivity contribution in [3.8, 4) is 11.5 Å². The van der Waals surface area contributed by atoms with E-state index in [-0.39, 0.29) is 11.4 Å². The number of rotatable bonds is 7. The van der Waals surface area contributed by atoms with Crippen LogP contribution in [0.1, 0.15) is 11.3 Å². The maximum Gasteiger partial charge on any atom is 0.243 e. The third-order valence-electron chi connectivity index (χ3n) is 3.63. The van der Waals surface area contributed by atoms with E-state index in [4.69, 9.17) is 9.47 Å². The van der Waals surface area contributed by atoms with E-state index < -0.39 is 10.0 Å². The molecule has 1 aromatic heterocycles. The minimum Gasteiger partial charge on any atom is -0.493 e. The Morgan fingerprint density at radius 1 is 1.22 bits per heavy atom. The summed E-state index contributed by atoms with van der Waals surface area (Å²) in [5.74, 6) is 1.26. The van der Waals surface area contributed by atoms with Crippen LogP contribution in [0, 0.1) is 6.92 Å². The molecule has 0 aliphatic heterocycles. The number of benzene rings is 1. The first-order chi connectivity index (χ1) is 10.9. The van der Waals surface area contributed by atoms with Gasteiger partial charge in [0.1, 0.15) is 4.90 Å². The predicted molar refractivity (Wildman–Crippen MR) is 86.4 cm³/mol. The van der Waals surface area contributed by atoms with E-state index in [1.807, 2.05) is 12.1 Å². The number of ether oxygens (including phenoxy) is 2. The zero-order valence-corrected chi connectivity index (χ0v) is 14.5. The van der Waals surface area contributed by atoms with Crippen LogP contribution in [0.3, 0.4) is 0 Å². The molecule has 2 rings (SSSR count). The molecule has 0 saturated heterocycles. The van der Waals surface area contributed by atoms with Gasteiger partial charge in [-0.05, 0) is 31.0 Å². The van der Waals surface area contributed by atoms with Crippen LogP contribution in [0.4, 0.5) is 0 Å². The van der Waals surface area contributed by atoms with Gasteiger partial charge in [-0.15, -0.1) is 0 Å². The van der Waals surface area contributed by atoms with Crippen LogP contribution in [0.2, 0.25) is 0 Å². The van der Waals surface area contributed by atoms with Crippen molar-refractivity contribution in [2.24, 2.45) is 7.05 Å². The van der Waals surface area contributed by atoms with E-state index in [1.54, 1.807) is 34.3 Å². The van der Waals surface area contributed by atoms with E-state index in [9.17, 15) is 8.42 Å². The van der Waals surface area contributed by atoms with Gasteiger partial charge in [0, 0.05) is 13.6 Å². The molecule has 0 unspecified atom stereocenters. The lowest BCUT2D eigenvalue weighted by Gasteiger charge is -2.10. The molecule has 0 saturated carbocycles. The van der Waals surface area contributed by atoms with E-state index in [0.29, 0.717) is 23.6 Å². The monoisotopic (exact) mass is 339 g/mol. The summed E-state index contributed by atoms with van der Waals surface area (Å²) in [7, 11) is 1.28. The smallest absolute Gasteiger partial charge is 0.243 e. The molecule has 0 atom stereocenters. The maximum absolute atomic E-state index is 12.3. The molecule has 0 spiro atoms. The molecule has 8 heteroatoms. The number of methoxy groups -OCH3 is 2. The van der Waals surface area contributed by atoms with Crippen LogP contribution in [0.5, 0.6) is 11.5 Å². The SMILES string of the molecule is COc1ccc(CCNS(=O)(=O)c2cnn(C)c2C)cc1OC. The average molecular weight is 339 g/mol. The molecule has 1 aromatic carbocycles. The van der Waals surface area contributed by atoms with Crippen molar-refractivity contribution in [2.75, 3.05) is 20.8 Å². The average Bonchev–Trinajstić information content (AvgIpc) is 2.87. The Kier molecular flexibility index (Phi) is 5.27. The molecule has 126 valence electrons. The summed E-state index contributed by atoms with van der Waals surface area (Å²) in [6, 6.07) is 5.52. The highest BCUT2D eigenvalue weighted by Gasteiger charge is 2.19. The highest BCUT2D eigenvalue weighted by molar-refractivity contribution is 7.89. The molecule has 23 heavy (non-hydrogen) atoms. The van der Waals surface area contributed by atoms with Crippen molar-refractivity contribution in [1.29, 1.82) is 0 Å². The van der Waals surface area contributed by atoms with Crippen LogP contribution in [-0.2, 0) is 23.5 Å². The number of hydrogen-bond donors (Lipinski definition) is 1. The highest BCUT2D eigenvalue weighted by Crippen LogP contribution is 2.27. The summed E-state index contributed by atoms with van der Waals surface area (Å²) in [6.07, 6.45) is 1.90. The van der Waals surface area contributed by atoms with E-state index >= 15 is 0 Å². The van der Waals surface area contributed by atoms with Crippen molar-refractivity contribution in [3.63, 3.8) is 0 Å². The summed E-state index contributed by atoms with van der Waals surface area (Å²) in [6.45, 7) is 2.00. The van der Waals surface area contributed by atoms with Gasteiger partial charge < -0.3 is 9.47 Å². The number of nitrogens with zero attached hydrogens (tertiary/aromatic N) is 2. The number of aryl methyl sites for hydroxylation is 1. The number of sulfonamides is 1. The molecule has 0 amide bonds. The summed E-state index contributed by atoms with van der Waals surface area (Å²) < 4.78 is 39.1. The Morgan fingerprint density at radius 2 is 1.91 bits per heavy atom. The number of hydrogen-bond acceptors (Lipinski definition) is 5. The Balaban J connectivity index is 2.03. The second kappa shape index (κ2) is 7.01. The standard InChI is InChI=1S/C15H21N3O4S/c1-11-15(10-16-18(11)2)23(19,20)17-8-7-12-5-6-13(21-3)14(9-12)22-4/h5-6,9-10,17H,7-8H2,1-4H3. The first kappa shape index (κ1) is 17.3. The lowest BCUT2D eigenvalue weighted by molar-refractivity contribution is 0.354. The normalized spacial score (nSPS) is 11.5. The highest BCUT2D eigenvalue weighted by atomic mass is 32.2. The van der Waals surface area contributed by atoms with Gasteiger partial charge >= 0.3 is 0 Å². The van der Waals surface area contributed by atoms with Crippen LogP contribution in [0.25, 0.3) is 0 Å². The quantitative estimate of drug-likeness (QED) is 0.821. The van der Waals surface area contributed by atoms with E-state index in [2.05, 4.69) is 9.82 Å². The molecule has 0 fully saturated rings. The van der Waals surface area contributed by atoms with Gasteiger partial charge in [-0.2, -0.15) is 5.10 Å². The van der Waals surface area contributed by atoms with Crippen molar-refractivity contribution in [1.82, 2.24) is 14.5 Å². The van der Waals surface area contributed by atoms with Gasteiger partial charge in [-0.3, -0.25) is 4.68 Å². The fraction of sp³-hybridized carbons (Fsp3) is 0.400. The van der Waals surface area contributed by atoms with Gasteiger partial charge in [0.15, 0.2) is 11.5 Å². The fourth-order valence-corrected chi connectivity index (χ4v) is 3.42. The molecule has 1 N–H and O–H groups in total. The van der Waals surface area contributed by atoms with Crippen LogP contribution < -0.4 is 14.2 Å². The maximum atomic E-state index is 12.3. The zero-order valence-electron chi connectivity index (χ0n) is 13.7. The molecule has 1 heterocycles. The molecule has 2 aromatic rings. The molecule has 0 radical (unpaired) electrons. The van der Waals surface area contributed by atoms with Crippen molar-refractivity contribution < 1.29 is 17.9 Å². The lowest BCUT2D eigenvalue weighted by Crippen LogP contribution is -2.26. The third kappa shape index (κ3) is 3.83. The van der Waals surface area contributed by atoms with Gasteiger partial charge in [0.05, 0.1) is 26.1 Å². The number of aromatic nitrogens is 2. The second-order valence-corrected chi connectivity index (χ2v) is 6.79. The minimum atomic E-state index is -3.56. The number of nitrogens with one attached hydrogen (secondary N) is 1. The van der Waals surface area contributed by atoms with E-state index in [1.165, 1.54) is 10.9 Å². The molecular formula is C15H21N3O4S. The van der Waals surface area contributed by atoms with Crippen molar-refractivity contribution >= 4 is 10.0 Å². The first-order valence-corrected chi connectivity index (χ1v) is 8.56. The first-order valence-electron chi connectivity index (χ1n) is 7.08. The Bertz CT molecular complexity index is 784. The summed E-state index contributed by atoms with van der Waals surface area (Å²) >= 11 is 0. The lowest BCUT2D eigenvalue weighted by atomic mass is 10.1. The van der Waals surface area contributed by atoms with Gasteiger partial charge in [0.25, 0.3) is 0 Å². The second-order valence-electron chi connectivity index (χ2n) is 5.05. The topological polar surface area (TPSA) is 82.5 Å². The molecule has 0 aliphatic rings. The zero-order chi connectivity index (χ0) is 17.0. The van der Waals surface area contributed by atoms with Crippen molar-refractivity contribution in [2.45, 2.75) is 18.2 Å². The Labute approximate surface area is 136 Å². The summed E-state index contributed by atoms with van der Waals surface area (Å²) in [5.41, 5.74) is 1.55. The van der Waals surface area contributed by atoms with Crippen LogP contribution >= 0.6 is 0 Å². The molecule has 0 aliphatic carbocycles. The summed E-state index contributed by atoms with van der Waals surface area (Å²) in [5, 5.41) is 3.96. The largest absolute Gasteiger partial charge is 0.493 e. The minimum absolute atomic E-state index is 0.201. The van der Waals surface area contributed by atoms with Gasteiger partial charge in [-0.25, -0.2) is 13.1 Å². The summed E-state index contributed by atoms with van der Waals surface area (Å²) in [4.78, 5) is 0.201. The van der Waals surface area contributed by atoms with Gasteiger partial charge in [0.2, 0.25) is 10.0 Å². The van der Waals surface area contributed by atoms with Crippen LogP contribution in [-0.4, -0.2) is 39.0 Å². The molecular weight excluding hydrogens is 318 g/mol. The van der Waals surface area contributed by atoms with Crippen LogP contribution in [0.15, 0.2) is 29.3 Å². The fourth-order valence-electron chi connectivity index (χ4n) is 2.19.